The number of rotatable bonds is 3. The van der Waals surface area contributed by atoms with E-state index in [9.17, 15) is 0 Å². The van der Waals surface area contributed by atoms with Crippen molar-refractivity contribution in [1.82, 2.24) is 20.1 Å². The maximum absolute atomic E-state index is 6.46. The molecule has 3 fully saturated rings. The van der Waals surface area contributed by atoms with Gasteiger partial charge in [-0.1, -0.05) is 12.8 Å². The van der Waals surface area contributed by atoms with Crippen LogP contribution >= 0.6 is 12.4 Å². The molecule has 6 nitrogen and oxygen atoms in total. The predicted octanol–water partition coefficient (Wildman–Crippen LogP) is 2.23. The Bertz CT molecular complexity index is 342. The second-order valence-corrected chi connectivity index (χ2v) is 6.79. The Morgan fingerprint density at radius 3 is 1.48 bits per heavy atom. The lowest BCUT2D eigenvalue weighted by Gasteiger charge is -2.45. The standard InChI is InChI=1S/C16H32N6.ClH/c17-16(18-19-10-4-1-5-11-19)22(20-12-6-2-7-13-20)21-14-8-3-9-15-21;/h1-15H2,(H2,17,18);1H. The smallest absolute Gasteiger partial charge is 0.243 e. The van der Waals surface area contributed by atoms with Gasteiger partial charge in [-0.25, -0.2) is 15.1 Å². The summed E-state index contributed by atoms with van der Waals surface area (Å²) in [5, 5.41) is 14.0. The fraction of sp³-hybridized carbons (Fsp3) is 0.938. The molecule has 3 aliphatic rings. The van der Waals surface area contributed by atoms with Crippen LogP contribution in [0, 0.1) is 0 Å². The molecule has 0 amide bonds. The summed E-state index contributed by atoms with van der Waals surface area (Å²) in [6.07, 6.45) is 11.6. The van der Waals surface area contributed by atoms with Crippen molar-refractivity contribution in [2.45, 2.75) is 57.8 Å². The van der Waals surface area contributed by atoms with Crippen LogP contribution in [0.5, 0.6) is 0 Å². The summed E-state index contributed by atoms with van der Waals surface area (Å²) in [5.74, 6) is 0.672. The zero-order chi connectivity index (χ0) is 15.2. The van der Waals surface area contributed by atoms with E-state index in [4.69, 9.17) is 10.8 Å². The second kappa shape index (κ2) is 9.55. The maximum Gasteiger partial charge on any atom is 0.243 e. The predicted molar refractivity (Wildman–Crippen MR) is 97.0 cm³/mol. The van der Waals surface area contributed by atoms with Gasteiger partial charge in [-0.15, -0.1) is 17.5 Å². The van der Waals surface area contributed by atoms with Crippen LogP contribution < -0.4 is 5.73 Å². The van der Waals surface area contributed by atoms with E-state index in [-0.39, 0.29) is 12.4 Å². The van der Waals surface area contributed by atoms with Crippen LogP contribution in [0.2, 0.25) is 0 Å². The first-order valence-corrected chi connectivity index (χ1v) is 9.23. The molecule has 0 saturated carbocycles. The van der Waals surface area contributed by atoms with Gasteiger partial charge in [0.25, 0.3) is 0 Å². The van der Waals surface area contributed by atoms with E-state index < -0.39 is 0 Å². The van der Waals surface area contributed by atoms with Crippen molar-refractivity contribution in [3.8, 4) is 0 Å². The van der Waals surface area contributed by atoms with Crippen LogP contribution in [0.25, 0.3) is 0 Å². The number of piperidine rings is 3. The van der Waals surface area contributed by atoms with Gasteiger partial charge in [-0.3, -0.25) is 5.01 Å². The maximum atomic E-state index is 6.46. The molecule has 3 saturated heterocycles. The van der Waals surface area contributed by atoms with E-state index >= 15 is 0 Å². The Hall–Kier alpha value is -0.720. The lowest BCUT2D eigenvalue weighted by molar-refractivity contribution is -0.142. The first-order valence-electron chi connectivity index (χ1n) is 9.23. The molecule has 0 aromatic rings. The van der Waals surface area contributed by atoms with E-state index in [0.29, 0.717) is 5.96 Å². The summed E-state index contributed by atoms with van der Waals surface area (Å²) < 4.78 is 0. The lowest BCUT2D eigenvalue weighted by Crippen LogP contribution is -2.61. The average Bonchev–Trinajstić information content (AvgIpc) is 2.58. The number of hydrazine groups is 2. The summed E-state index contributed by atoms with van der Waals surface area (Å²) in [6, 6.07) is 0. The topological polar surface area (TPSA) is 51.3 Å². The number of halogens is 1. The minimum atomic E-state index is 0. The Morgan fingerprint density at radius 2 is 1.04 bits per heavy atom. The van der Waals surface area contributed by atoms with Gasteiger partial charge in [0.15, 0.2) is 0 Å². The number of hydrogen-bond acceptors (Lipinski definition) is 4. The van der Waals surface area contributed by atoms with Crippen LogP contribution in [0.1, 0.15) is 57.8 Å². The highest BCUT2D eigenvalue weighted by Crippen LogP contribution is 2.18. The van der Waals surface area contributed by atoms with Gasteiger partial charge >= 0.3 is 0 Å². The van der Waals surface area contributed by atoms with E-state index in [1.54, 1.807) is 0 Å². The van der Waals surface area contributed by atoms with Gasteiger partial charge in [0.2, 0.25) is 5.96 Å². The molecule has 0 aliphatic carbocycles. The van der Waals surface area contributed by atoms with Gasteiger partial charge in [-0.05, 0) is 44.9 Å². The van der Waals surface area contributed by atoms with E-state index in [1.807, 2.05) is 0 Å². The van der Waals surface area contributed by atoms with Crippen molar-refractivity contribution in [2.24, 2.45) is 10.8 Å². The molecular formula is C16H33ClN6. The molecule has 3 heterocycles. The van der Waals surface area contributed by atoms with E-state index in [2.05, 4.69) is 20.1 Å². The molecule has 0 unspecified atom stereocenters. The Balaban J connectivity index is 0.00000192. The Labute approximate surface area is 147 Å². The third-order valence-corrected chi connectivity index (χ3v) is 4.98. The SMILES string of the molecule is Cl.NC(=NN1CCCCC1)N(N1CCCCC1)N1CCCCC1. The molecule has 0 spiro atoms. The monoisotopic (exact) mass is 344 g/mol. The summed E-state index contributed by atoms with van der Waals surface area (Å²) in [4.78, 5) is 0. The van der Waals surface area contributed by atoms with Crippen LogP contribution in [-0.4, -0.2) is 65.4 Å². The lowest BCUT2D eigenvalue weighted by atomic mass is 10.1. The highest BCUT2D eigenvalue weighted by Gasteiger charge is 2.28. The van der Waals surface area contributed by atoms with Gasteiger partial charge in [0.05, 0.1) is 0 Å². The van der Waals surface area contributed by atoms with Crippen LogP contribution in [0.15, 0.2) is 5.10 Å². The molecule has 0 aromatic carbocycles. The molecule has 0 bridgehead atoms. The van der Waals surface area contributed by atoms with Crippen molar-refractivity contribution in [2.75, 3.05) is 39.3 Å². The summed E-state index contributed by atoms with van der Waals surface area (Å²) in [6.45, 7) is 6.52. The minimum Gasteiger partial charge on any atom is -0.366 e. The quantitative estimate of drug-likeness (QED) is 0.628. The molecule has 0 atom stereocenters. The van der Waals surface area contributed by atoms with Gasteiger partial charge in [-0.2, -0.15) is 0 Å². The van der Waals surface area contributed by atoms with Crippen LogP contribution in [0.3, 0.4) is 0 Å². The average molecular weight is 345 g/mol. The molecule has 134 valence electrons. The van der Waals surface area contributed by atoms with E-state index in [1.165, 1.54) is 57.8 Å². The third-order valence-electron chi connectivity index (χ3n) is 4.98. The highest BCUT2D eigenvalue weighted by molar-refractivity contribution is 5.85. The molecular weight excluding hydrogens is 312 g/mol. The van der Waals surface area contributed by atoms with Crippen LogP contribution in [0.4, 0.5) is 0 Å². The molecule has 2 N–H and O–H groups in total. The third kappa shape index (κ3) is 5.13. The molecule has 7 heteroatoms. The fourth-order valence-electron chi connectivity index (χ4n) is 3.76. The zero-order valence-electron chi connectivity index (χ0n) is 14.3. The molecule has 23 heavy (non-hydrogen) atoms. The van der Waals surface area contributed by atoms with Crippen LogP contribution in [-0.2, 0) is 0 Å². The normalized spacial score (nSPS) is 25.0. The van der Waals surface area contributed by atoms with Crippen molar-refractivity contribution in [3.63, 3.8) is 0 Å². The minimum absolute atomic E-state index is 0. The first kappa shape index (κ1) is 18.6. The summed E-state index contributed by atoms with van der Waals surface area (Å²) in [7, 11) is 0. The van der Waals surface area contributed by atoms with E-state index in [0.717, 1.165) is 39.3 Å². The number of nitrogens with zero attached hydrogens (tertiary/aromatic N) is 5. The molecule has 3 rings (SSSR count). The van der Waals surface area contributed by atoms with Gasteiger partial charge < -0.3 is 5.73 Å². The summed E-state index contributed by atoms with van der Waals surface area (Å²) in [5.41, 5.74) is 6.46. The van der Waals surface area contributed by atoms with Crippen molar-refractivity contribution in [1.29, 1.82) is 0 Å². The van der Waals surface area contributed by atoms with Crippen molar-refractivity contribution in [3.05, 3.63) is 0 Å². The largest absolute Gasteiger partial charge is 0.366 e. The fourth-order valence-corrected chi connectivity index (χ4v) is 3.76. The zero-order valence-corrected chi connectivity index (χ0v) is 15.1. The molecule has 0 radical (unpaired) electrons. The van der Waals surface area contributed by atoms with Crippen molar-refractivity contribution >= 4 is 18.4 Å². The highest BCUT2D eigenvalue weighted by atomic mass is 35.5. The molecule has 3 aliphatic heterocycles. The second-order valence-electron chi connectivity index (χ2n) is 6.79. The van der Waals surface area contributed by atoms with Gasteiger partial charge in [0, 0.05) is 39.3 Å². The molecule has 0 aromatic heterocycles. The van der Waals surface area contributed by atoms with Crippen molar-refractivity contribution < 1.29 is 0 Å². The number of guanidine groups is 1. The summed E-state index contributed by atoms with van der Waals surface area (Å²) >= 11 is 0. The number of nitrogens with two attached hydrogens (primary N) is 1. The Kier molecular flexibility index (Phi) is 7.73. The Morgan fingerprint density at radius 1 is 0.652 bits per heavy atom. The van der Waals surface area contributed by atoms with Gasteiger partial charge in [0.1, 0.15) is 0 Å². The first-order chi connectivity index (χ1) is 10.8. The number of hydrogen-bond donors (Lipinski definition) is 1. The number of hydrazone groups is 1.